The number of aromatic nitrogens is 1. The fourth-order valence-corrected chi connectivity index (χ4v) is 4.10. The van der Waals surface area contributed by atoms with Crippen molar-refractivity contribution in [3.63, 3.8) is 0 Å². The van der Waals surface area contributed by atoms with E-state index in [1.54, 1.807) is 11.0 Å². The number of aryl methyl sites for hydroxylation is 1. The number of piperazine rings is 1. The normalized spacial score (nSPS) is 16.0. The lowest BCUT2D eigenvalue weighted by Gasteiger charge is -2.35. The predicted molar refractivity (Wildman–Crippen MR) is 125 cm³/mol. The lowest BCUT2D eigenvalue weighted by Crippen LogP contribution is -2.58. The number of hydrogen-bond acceptors (Lipinski definition) is 5. The summed E-state index contributed by atoms with van der Waals surface area (Å²) in [7, 11) is 0. The number of rotatable bonds is 8. The van der Waals surface area contributed by atoms with Gasteiger partial charge in [0.25, 0.3) is 5.88 Å². The van der Waals surface area contributed by atoms with E-state index in [9.17, 15) is 9.59 Å². The van der Waals surface area contributed by atoms with Gasteiger partial charge in [-0.05, 0) is 35.7 Å². The Morgan fingerprint density at radius 1 is 1.18 bits per heavy atom. The molecule has 1 N–H and O–H groups in total. The summed E-state index contributed by atoms with van der Waals surface area (Å²) in [4.78, 5) is 27.6. The van der Waals surface area contributed by atoms with Crippen molar-refractivity contribution in [2.24, 2.45) is 0 Å². The molecule has 33 heavy (non-hydrogen) atoms. The zero-order valence-electron chi connectivity index (χ0n) is 19.0. The molecule has 3 aromatic rings. The first-order valence-corrected chi connectivity index (χ1v) is 11.3. The Balaban J connectivity index is 1.47. The molecule has 2 heterocycles. The molecule has 7 heteroatoms. The highest BCUT2D eigenvalue weighted by molar-refractivity contribution is 5.89. The van der Waals surface area contributed by atoms with Crippen LogP contribution in [0.15, 0.2) is 65.2 Å². The molecule has 0 unspecified atom stereocenters. The smallest absolute Gasteiger partial charge is 0.254 e. The van der Waals surface area contributed by atoms with Gasteiger partial charge in [-0.3, -0.25) is 9.59 Å². The molecular weight excluding hydrogens is 418 g/mol. The molecule has 4 rings (SSSR count). The van der Waals surface area contributed by atoms with Gasteiger partial charge >= 0.3 is 0 Å². The van der Waals surface area contributed by atoms with Crippen molar-refractivity contribution in [1.82, 2.24) is 15.4 Å². The van der Waals surface area contributed by atoms with Crippen molar-refractivity contribution in [2.45, 2.75) is 45.3 Å². The topological polar surface area (TPSA) is 84.7 Å². The summed E-state index contributed by atoms with van der Waals surface area (Å²) in [5, 5.41) is 6.80. The van der Waals surface area contributed by atoms with E-state index in [0.29, 0.717) is 37.6 Å². The molecule has 172 valence electrons. The Kier molecular flexibility index (Phi) is 7.07. The average Bonchev–Trinajstić information content (AvgIpc) is 3.26. The van der Waals surface area contributed by atoms with Gasteiger partial charge in [0.1, 0.15) is 11.8 Å². The van der Waals surface area contributed by atoms with Crippen LogP contribution in [0.3, 0.4) is 0 Å². The standard InChI is InChI=1S/C26H29N3O4/c1-18(2)32-24-17-21(33-28-24)12-13-25(30)29-15-14-27-26(31)23(29)16-20-10-6-7-11-22(20)19-8-4-3-5-9-19/h3-11,17-18,23H,12-16H2,1-2H3,(H,27,31)/t23-/m1/s1. The van der Waals surface area contributed by atoms with Crippen LogP contribution >= 0.6 is 0 Å². The molecule has 1 fully saturated rings. The van der Waals surface area contributed by atoms with Crippen molar-refractivity contribution >= 4 is 11.8 Å². The molecule has 2 aromatic carbocycles. The van der Waals surface area contributed by atoms with Gasteiger partial charge in [0.05, 0.1) is 6.10 Å². The minimum absolute atomic E-state index is 0.00374. The third-order valence-corrected chi connectivity index (χ3v) is 5.65. The number of hydrogen-bond donors (Lipinski definition) is 1. The van der Waals surface area contributed by atoms with Gasteiger partial charge in [0.15, 0.2) is 0 Å². The van der Waals surface area contributed by atoms with E-state index in [4.69, 9.17) is 9.26 Å². The lowest BCUT2D eigenvalue weighted by molar-refractivity contribution is -0.143. The number of carbonyl (C=O) groups is 2. The van der Waals surface area contributed by atoms with Crippen LogP contribution in [0.2, 0.25) is 0 Å². The van der Waals surface area contributed by atoms with Gasteiger partial charge in [0.2, 0.25) is 11.8 Å². The van der Waals surface area contributed by atoms with E-state index in [-0.39, 0.29) is 24.3 Å². The molecule has 0 radical (unpaired) electrons. The summed E-state index contributed by atoms with van der Waals surface area (Å²) in [6, 6.07) is 19.3. The monoisotopic (exact) mass is 447 g/mol. The Hall–Kier alpha value is -3.61. The second kappa shape index (κ2) is 10.3. The van der Waals surface area contributed by atoms with Crippen LogP contribution in [0.1, 0.15) is 31.6 Å². The van der Waals surface area contributed by atoms with Gasteiger partial charge in [-0.2, -0.15) is 0 Å². The molecule has 0 spiro atoms. The van der Waals surface area contributed by atoms with Crippen LogP contribution in [0.4, 0.5) is 0 Å². The lowest BCUT2D eigenvalue weighted by atomic mass is 9.93. The number of carbonyl (C=O) groups excluding carboxylic acids is 2. The Labute approximate surface area is 193 Å². The van der Waals surface area contributed by atoms with Gasteiger partial charge in [0, 0.05) is 38.4 Å². The first kappa shape index (κ1) is 22.6. The molecule has 1 saturated heterocycles. The molecule has 1 aromatic heterocycles. The molecule has 0 aliphatic carbocycles. The van der Waals surface area contributed by atoms with E-state index in [2.05, 4.69) is 28.7 Å². The molecule has 2 amide bonds. The van der Waals surface area contributed by atoms with Crippen molar-refractivity contribution < 1.29 is 18.8 Å². The van der Waals surface area contributed by atoms with Gasteiger partial charge < -0.3 is 19.5 Å². The van der Waals surface area contributed by atoms with Crippen LogP contribution in [0.25, 0.3) is 11.1 Å². The third kappa shape index (κ3) is 5.61. The highest BCUT2D eigenvalue weighted by Gasteiger charge is 2.33. The SMILES string of the molecule is CC(C)Oc1cc(CCC(=O)N2CCNC(=O)[C@H]2Cc2ccccc2-c2ccccc2)on1. The summed E-state index contributed by atoms with van der Waals surface area (Å²) in [6.45, 7) is 4.77. The maximum atomic E-state index is 13.1. The fraction of sp³-hybridized carbons (Fsp3) is 0.346. The van der Waals surface area contributed by atoms with E-state index in [1.165, 1.54) is 0 Å². The predicted octanol–water partition coefficient (Wildman–Crippen LogP) is 3.63. The highest BCUT2D eigenvalue weighted by Crippen LogP contribution is 2.26. The van der Waals surface area contributed by atoms with E-state index >= 15 is 0 Å². The Morgan fingerprint density at radius 3 is 2.73 bits per heavy atom. The molecular formula is C26H29N3O4. The molecule has 7 nitrogen and oxygen atoms in total. The fourth-order valence-electron chi connectivity index (χ4n) is 4.10. The highest BCUT2D eigenvalue weighted by atomic mass is 16.5. The maximum Gasteiger partial charge on any atom is 0.254 e. The summed E-state index contributed by atoms with van der Waals surface area (Å²) in [6.07, 6.45) is 1.09. The van der Waals surface area contributed by atoms with Crippen LogP contribution in [0.5, 0.6) is 5.88 Å². The minimum Gasteiger partial charge on any atom is -0.473 e. The second-order valence-corrected chi connectivity index (χ2v) is 8.42. The van der Waals surface area contributed by atoms with Crippen molar-refractivity contribution in [2.75, 3.05) is 13.1 Å². The summed E-state index contributed by atoms with van der Waals surface area (Å²) in [5.74, 6) is 0.811. The van der Waals surface area contributed by atoms with Crippen LogP contribution in [-0.4, -0.2) is 47.1 Å². The first-order valence-electron chi connectivity index (χ1n) is 11.3. The second-order valence-electron chi connectivity index (χ2n) is 8.42. The summed E-state index contributed by atoms with van der Waals surface area (Å²) < 4.78 is 10.8. The van der Waals surface area contributed by atoms with Crippen LogP contribution < -0.4 is 10.1 Å². The van der Waals surface area contributed by atoms with Crippen LogP contribution in [0, 0.1) is 0 Å². The Bertz CT molecular complexity index is 1090. The van der Waals surface area contributed by atoms with Gasteiger partial charge in [-0.25, -0.2) is 0 Å². The van der Waals surface area contributed by atoms with E-state index in [0.717, 1.165) is 16.7 Å². The quantitative estimate of drug-likeness (QED) is 0.570. The first-order chi connectivity index (χ1) is 16.0. The number of ether oxygens (including phenoxy) is 1. The average molecular weight is 448 g/mol. The van der Waals surface area contributed by atoms with Crippen molar-refractivity contribution in [3.8, 4) is 17.0 Å². The third-order valence-electron chi connectivity index (χ3n) is 5.65. The number of nitrogens with zero attached hydrogens (tertiary/aromatic N) is 2. The Morgan fingerprint density at radius 2 is 1.94 bits per heavy atom. The van der Waals surface area contributed by atoms with E-state index < -0.39 is 6.04 Å². The molecule has 0 bridgehead atoms. The van der Waals surface area contributed by atoms with Gasteiger partial charge in [-0.1, -0.05) is 54.6 Å². The molecule has 0 saturated carbocycles. The van der Waals surface area contributed by atoms with Gasteiger partial charge in [-0.15, -0.1) is 0 Å². The molecule has 1 atom stereocenters. The number of amides is 2. The van der Waals surface area contributed by atoms with E-state index in [1.807, 2.05) is 50.2 Å². The maximum absolute atomic E-state index is 13.1. The van der Waals surface area contributed by atoms with Crippen molar-refractivity contribution in [1.29, 1.82) is 0 Å². The molecule has 1 aliphatic rings. The zero-order valence-corrected chi connectivity index (χ0v) is 19.0. The minimum atomic E-state index is -0.550. The number of benzene rings is 2. The zero-order chi connectivity index (χ0) is 23.2. The number of nitrogens with one attached hydrogen (secondary N) is 1. The molecule has 1 aliphatic heterocycles. The van der Waals surface area contributed by atoms with Crippen molar-refractivity contribution in [3.05, 3.63) is 72.0 Å². The summed E-state index contributed by atoms with van der Waals surface area (Å²) in [5.41, 5.74) is 3.20. The van der Waals surface area contributed by atoms with Crippen LogP contribution in [-0.2, 0) is 22.4 Å². The summed E-state index contributed by atoms with van der Waals surface area (Å²) >= 11 is 0. The largest absolute Gasteiger partial charge is 0.473 e.